The Morgan fingerprint density at radius 2 is 2.12 bits per heavy atom. The SMILES string of the molecule is CCOC(N)=O.F.[Si]. The molecule has 0 aromatic rings. The van der Waals surface area contributed by atoms with Crippen molar-refractivity contribution in [2.24, 2.45) is 5.73 Å². The molecule has 8 heavy (non-hydrogen) atoms. The van der Waals surface area contributed by atoms with Crippen LogP contribution in [0.15, 0.2) is 0 Å². The highest BCUT2D eigenvalue weighted by Crippen LogP contribution is 1.66. The summed E-state index contributed by atoms with van der Waals surface area (Å²) in [6, 6.07) is 0. The standard InChI is InChI=1S/C3H7NO2.FH.Si/c1-2-6-3(4)5;;/h2H2,1H3,(H2,4,5);1H;. The van der Waals surface area contributed by atoms with E-state index in [0.717, 1.165) is 0 Å². The van der Waals surface area contributed by atoms with E-state index in [1.807, 2.05) is 0 Å². The Labute approximate surface area is 51.6 Å². The predicted octanol–water partition coefficient (Wildman–Crippen LogP) is -0.127. The van der Waals surface area contributed by atoms with Crippen LogP contribution in [0.2, 0.25) is 0 Å². The van der Waals surface area contributed by atoms with Gasteiger partial charge in [0, 0.05) is 11.0 Å². The van der Waals surface area contributed by atoms with Gasteiger partial charge >= 0.3 is 6.09 Å². The summed E-state index contributed by atoms with van der Waals surface area (Å²) < 4.78 is 4.18. The molecule has 0 aliphatic heterocycles. The first-order valence-corrected chi connectivity index (χ1v) is 1.69. The van der Waals surface area contributed by atoms with E-state index in [9.17, 15) is 4.79 Å². The minimum atomic E-state index is -0.711. The van der Waals surface area contributed by atoms with Gasteiger partial charge in [-0.05, 0) is 6.92 Å². The number of rotatable bonds is 1. The Hall–Kier alpha value is -0.583. The molecule has 0 aliphatic rings. The molecule has 0 saturated heterocycles. The van der Waals surface area contributed by atoms with Crippen LogP contribution in [-0.2, 0) is 4.74 Å². The highest BCUT2D eigenvalue weighted by molar-refractivity contribution is 5.75. The second-order valence-electron chi connectivity index (χ2n) is 0.752. The van der Waals surface area contributed by atoms with E-state index in [2.05, 4.69) is 10.5 Å². The highest BCUT2D eigenvalue weighted by Gasteiger charge is 1.82. The lowest BCUT2D eigenvalue weighted by atomic mass is 10.9. The number of carbonyl (C=O) groups is 1. The molecular formula is C3H8FNO2Si. The van der Waals surface area contributed by atoms with E-state index >= 15 is 0 Å². The number of amides is 1. The average molecular weight is 137 g/mol. The van der Waals surface area contributed by atoms with E-state index in [0.29, 0.717) is 6.61 Å². The van der Waals surface area contributed by atoms with Gasteiger partial charge in [0.2, 0.25) is 0 Å². The molecule has 3 nitrogen and oxygen atoms in total. The third-order valence-electron chi connectivity index (χ3n) is 0.287. The van der Waals surface area contributed by atoms with Gasteiger partial charge in [-0.2, -0.15) is 0 Å². The molecule has 0 fully saturated rings. The zero-order valence-electron chi connectivity index (χ0n) is 4.51. The van der Waals surface area contributed by atoms with Gasteiger partial charge in [-0.15, -0.1) is 0 Å². The average Bonchev–Trinajstić information content (AvgIpc) is 1.35. The fraction of sp³-hybridized carbons (Fsp3) is 0.667. The van der Waals surface area contributed by atoms with Gasteiger partial charge in [0.05, 0.1) is 6.61 Å². The van der Waals surface area contributed by atoms with Crippen LogP contribution >= 0.6 is 0 Å². The summed E-state index contributed by atoms with van der Waals surface area (Å²) in [6.07, 6.45) is -0.711. The first-order valence-electron chi connectivity index (χ1n) is 1.69. The van der Waals surface area contributed by atoms with Crippen molar-refractivity contribution >= 4 is 17.1 Å². The van der Waals surface area contributed by atoms with Crippen molar-refractivity contribution < 1.29 is 14.2 Å². The van der Waals surface area contributed by atoms with E-state index in [-0.39, 0.29) is 15.7 Å². The van der Waals surface area contributed by atoms with Gasteiger partial charge in [-0.3, -0.25) is 4.70 Å². The monoisotopic (exact) mass is 137 g/mol. The van der Waals surface area contributed by atoms with Crippen molar-refractivity contribution in [2.45, 2.75) is 6.92 Å². The summed E-state index contributed by atoms with van der Waals surface area (Å²) in [5.74, 6) is 0. The zero-order chi connectivity index (χ0) is 4.99. The lowest BCUT2D eigenvalue weighted by molar-refractivity contribution is 0.163. The third-order valence-corrected chi connectivity index (χ3v) is 0.287. The number of halogens is 1. The Morgan fingerprint density at radius 1 is 1.75 bits per heavy atom. The molecule has 0 rings (SSSR count). The van der Waals surface area contributed by atoms with Crippen LogP contribution in [-0.4, -0.2) is 23.7 Å². The van der Waals surface area contributed by atoms with Crippen LogP contribution in [0.25, 0.3) is 0 Å². The molecule has 0 heterocycles. The molecule has 0 atom stereocenters. The molecule has 0 bridgehead atoms. The summed E-state index contributed by atoms with van der Waals surface area (Å²) in [5.41, 5.74) is 4.54. The fourth-order valence-corrected chi connectivity index (χ4v) is 0.142. The Bertz CT molecular complexity index is 61.2. The third kappa shape index (κ3) is 18.1. The maximum atomic E-state index is 9.60. The van der Waals surface area contributed by atoms with Crippen molar-refractivity contribution in [3.63, 3.8) is 0 Å². The molecular weight excluding hydrogens is 129 g/mol. The lowest BCUT2D eigenvalue weighted by Crippen LogP contribution is -2.11. The zero-order valence-corrected chi connectivity index (χ0v) is 5.51. The van der Waals surface area contributed by atoms with Crippen molar-refractivity contribution in [1.82, 2.24) is 0 Å². The summed E-state index contributed by atoms with van der Waals surface area (Å²) >= 11 is 0. The van der Waals surface area contributed by atoms with E-state index in [4.69, 9.17) is 0 Å². The topological polar surface area (TPSA) is 52.3 Å². The summed E-state index contributed by atoms with van der Waals surface area (Å²) in [4.78, 5) is 9.60. The van der Waals surface area contributed by atoms with Crippen molar-refractivity contribution in [1.29, 1.82) is 0 Å². The molecule has 4 radical (unpaired) electrons. The van der Waals surface area contributed by atoms with Gasteiger partial charge < -0.3 is 10.5 Å². The normalized spacial score (nSPS) is 5.62. The van der Waals surface area contributed by atoms with Crippen molar-refractivity contribution in [2.75, 3.05) is 6.61 Å². The molecule has 5 heteroatoms. The number of primary amides is 1. The molecule has 0 aromatic heterocycles. The van der Waals surface area contributed by atoms with Crippen LogP contribution in [0.1, 0.15) is 6.92 Å². The minimum Gasteiger partial charge on any atom is -0.450 e. The van der Waals surface area contributed by atoms with Crippen LogP contribution in [0.5, 0.6) is 0 Å². The Kier molecular flexibility index (Phi) is 18.9. The highest BCUT2D eigenvalue weighted by atomic mass is 28.1. The first kappa shape index (κ1) is 15.7. The quantitative estimate of drug-likeness (QED) is 0.512. The summed E-state index contributed by atoms with van der Waals surface area (Å²) in [7, 11) is 0. The van der Waals surface area contributed by atoms with E-state index in [1.54, 1.807) is 6.92 Å². The second-order valence-corrected chi connectivity index (χ2v) is 0.752. The molecule has 0 aromatic carbocycles. The summed E-state index contributed by atoms with van der Waals surface area (Å²) in [5, 5.41) is 0. The molecule has 0 aliphatic carbocycles. The largest absolute Gasteiger partial charge is 0.450 e. The van der Waals surface area contributed by atoms with Crippen LogP contribution in [0.4, 0.5) is 9.50 Å². The Balaban J connectivity index is -0.000000125. The number of ether oxygens (including phenoxy) is 1. The first-order chi connectivity index (χ1) is 2.77. The van der Waals surface area contributed by atoms with Crippen LogP contribution in [0, 0.1) is 0 Å². The minimum absolute atomic E-state index is 0. The summed E-state index contributed by atoms with van der Waals surface area (Å²) in [6.45, 7) is 2.06. The van der Waals surface area contributed by atoms with Gasteiger partial charge in [0.25, 0.3) is 0 Å². The van der Waals surface area contributed by atoms with Gasteiger partial charge in [-0.1, -0.05) is 0 Å². The van der Waals surface area contributed by atoms with Crippen LogP contribution < -0.4 is 5.73 Å². The lowest BCUT2D eigenvalue weighted by Gasteiger charge is -1.89. The second kappa shape index (κ2) is 9.65. The fourth-order valence-electron chi connectivity index (χ4n) is 0.142. The maximum absolute atomic E-state index is 9.60. The predicted molar refractivity (Wildman–Crippen MR) is 29.5 cm³/mol. The number of hydrogen-bond donors (Lipinski definition) is 1. The van der Waals surface area contributed by atoms with Gasteiger partial charge in [-0.25, -0.2) is 4.79 Å². The van der Waals surface area contributed by atoms with Crippen LogP contribution in [0.3, 0.4) is 0 Å². The Morgan fingerprint density at radius 3 is 2.12 bits per heavy atom. The van der Waals surface area contributed by atoms with Gasteiger partial charge in [0.15, 0.2) is 0 Å². The molecule has 1 amide bonds. The van der Waals surface area contributed by atoms with E-state index < -0.39 is 6.09 Å². The van der Waals surface area contributed by atoms with E-state index in [1.165, 1.54) is 0 Å². The number of carbonyl (C=O) groups excluding carboxylic acids is 1. The number of nitrogens with two attached hydrogens (primary N) is 1. The molecule has 0 unspecified atom stereocenters. The molecule has 2 N–H and O–H groups in total. The molecule has 48 valence electrons. The smallest absolute Gasteiger partial charge is 0.404 e. The molecule has 0 spiro atoms. The molecule has 0 saturated carbocycles. The maximum Gasteiger partial charge on any atom is 0.404 e. The van der Waals surface area contributed by atoms with Crippen molar-refractivity contribution in [3.05, 3.63) is 0 Å². The van der Waals surface area contributed by atoms with Gasteiger partial charge in [0.1, 0.15) is 0 Å². The number of hydrogen-bond acceptors (Lipinski definition) is 2. The van der Waals surface area contributed by atoms with Crippen molar-refractivity contribution in [3.8, 4) is 0 Å².